The fourth-order valence-corrected chi connectivity index (χ4v) is 2.50. The molecule has 2 aromatic rings. The van der Waals surface area contributed by atoms with Gasteiger partial charge in [0.15, 0.2) is 5.69 Å². The van der Waals surface area contributed by atoms with Crippen molar-refractivity contribution in [1.29, 1.82) is 0 Å². The summed E-state index contributed by atoms with van der Waals surface area (Å²) in [6.45, 7) is 3.90. The second kappa shape index (κ2) is 6.05. The molecule has 0 radical (unpaired) electrons. The molecule has 1 aliphatic heterocycles. The van der Waals surface area contributed by atoms with Crippen LogP contribution >= 0.6 is 0 Å². The summed E-state index contributed by atoms with van der Waals surface area (Å²) in [5.74, 6) is -0.200. The molecule has 0 aromatic carbocycles. The molecule has 3 rings (SSSR count). The molecule has 21 heavy (non-hydrogen) atoms. The number of hydrogen-bond donors (Lipinski definition) is 2. The van der Waals surface area contributed by atoms with Crippen LogP contribution in [-0.2, 0) is 0 Å². The van der Waals surface area contributed by atoms with E-state index in [2.05, 4.69) is 20.7 Å². The molecular weight excluding hydrogens is 266 g/mol. The first kappa shape index (κ1) is 13.8. The second-order valence-corrected chi connectivity index (χ2v) is 5.33. The van der Waals surface area contributed by atoms with Gasteiger partial charge in [0.2, 0.25) is 0 Å². The summed E-state index contributed by atoms with van der Waals surface area (Å²) in [6.07, 6.45) is 7.46. The van der Waals surface area contributed by atoms with Gasteiger partial charge in [0.05, 0.1) is 17.9 Å². The lowest BCUT2D eigenvalue weighted by molar-refractivity contribution is 0.102. The normalized spacial score (nSPS) is 18.4. The summed E-state index contributed by atoms with van der Waals surface area (Å²) in [5.41, 5.74) is 2.13. The fraction of sp³-hybridized carbons (Fsp3) is 0.400. The Labute approximate surface area is 123 Å². The van der Waals surface area contributed by atoms with Crippen LogP contribution in [-0.4, -0.2) is 33.8 Å². The molecule has 1 aliphatic rings. The SMILES string of the molecule is Cc1ccncc1NC(=O)c1ccn(C2CCCNC2)n1. The van der Waals surface area contributed by atoms with Crippen LogP contribution in [0.25, 0.3) is 0 Å². The third kappa shape index (κ3) is 3.11. The van der Waals surface area contributed by atoms with E-state index in [1.54, 1.807) is 18.5 Å². The third-order valence-corrected chi connectivity index (χ3v) is 3.77. The monoisotopic (exact) mass is 285 g/mol. The standard InChI is InChI=1S/C15H19N5O/c1-11-4-7-17-10-14(11)18-15(21)13-5-8-20(19-13)12-3-2-6-16-9-12/h4-5,7-8,10,12,16H,2-3,6,9H2,1H3,(H,18,21). The fourth-order valence-electron chi connectivity index (χ4n) is 2.50. The van der Waals surface area contributed by atoms with Gasteiger partial charge in [-0.3, -0.25) is 14.5 Å². The van der Waals surface area contributed by atoms with E-state index in [0.717, 1.165) is 37.2 Å². The number of aryl methyl sites for hydroxylation is 1. The predicted molar refractivity (Wildman–Crippen MR) is 80.3 cm³/mol. The van der Waals surface area contributed by atoms with E-state index in [1.807, 2.05) is 23.9 Å². The quantitative estimate of drug-likeness (QED) is 0.901. The van der Waals surface area contributed by atoms with Crippen molar-refractivity contribution in [1.82, 2.24) is 20.1 Å². The molecule has 1 amide bonds. The molecule has 0 saturated carbocycles. The highest BCUT2D eigenvalue weighted by atomic mass is 16.2. The summed E-state index contributed by atoms with van der Waals surface area (Å²) in [4.78, 5) is 16.3. The highest BCUT2D eigenvalue weighted by Gasteiger charge is 2.18. The largest absolute Gasteiger partial charge is 0.319 e. The molecule has 2 N–H and O–H groups in total. The van der Waals surface area contributed by atoms with E-state index in [4.69, 9.17) is 0 Å². The summed E-state index contributed by atoms with van der Waals surface area (Å²) in [6, 6.07) is 3.96. The Morgan fingerprint density at radius 1 is 1.48 bits per heavy atom. The first-order chi connectivity index (χ1) is 10.2. The lowest BCUT2D eigenvalue weighted by Gasteiger charge is -2.22. The minimum absolute atomic E-state index is 0.200. The molecule has 6 nitrogen and oxygen atoms in total. The zero-order chi connectivity index (χ0) is 14.7. The molecule has 1 unspecified atom stereocenters. The summed E-state index contributed by atoms with van der Waals surface area (Å²) >= 11 is 0. The van der Waals surface area contributed by atoms with Crippen molar-refractivity contribution in [2.75, 3.05) is 18.4 Å². The minimum Gasteiger partial charge on any atom is -0.319 e. The lowest BCUT2D eigenvalue weighted by atomic mass is 10.1. The lowest BCUT2D eigenvalue weighted by Crippen LogP contribution is -2.32. The van der Waals surface area contributed by atoms with Crippen LogP contribution in [0.4, 0.5) is 5.69 Å². The van der Waals surface area contributed by atoms with Crippen molar-refractivity contribution in [3.05, 3.63) is 42.0 Å². The maximum Gasteiger partial charge on any atom is 0.276 e. The number of carbonyl (C=O) groups excluding carboxylic acids is 1. The van der Waals surface area contributed by atoms with Gasteiger partial charge in [0.25, 0.3) is 5.91 Å². The van der Waals surface area contributed by atoms with Gasteiger partial charge >= 0.3 is 0 Å². The Balaban J connectivity index is 1.71. The van der Waals surface area contributed by atoms with Gasteiger partial charge in [-0.2, -0.15) is 5.10 Å². The number of nitrogens with zero attached hydrogens (tertiary/aromatic N) is 3. The Kier molecular flexibility index (Phi) is 3.96. The number of anilines is 1. The van der Waals surface area contributed by atoms with E-state index >= 15 is 0 Å². The molecule has 0 aliphatic carbocycles. The smallest absolute Gasteiger partial charge is 0.276 e. The van der Waals surface area contributed by atoms with Gasteiger partial charge in [0.1, 0.15) is 0 Å². The minimum atomic E-state index is -0.200. The highest BCUT2D eigenvalue weighted by Crippen LogP contribution is 2.17. The molecule has 1 saturated heterocycles. The average Bonchev–Trinajstić information content (AvgIpc) is 3.00. The average molecular weight is 285 g/mol. The van der Waals surface area contributed by atoms with Crippen molar-refractivity contribution < 1.29 is 4.79 Å². The van der Waals surface area contributed by atoms with Gasteiger partial charge in [-0.15, -0.1) is 0 Å². The van der Waals surface area contributed by atoms with Crippen molar-refractivity contribution in [3.63, 3.8) is 0 Å². The topological polar surface area (TPSA) is 71.8 Å². The van der Waals surface area contributed by atoms with E-state index in [9.17, 15) is 4.79 Å². The molecule has 3 heterocycles. The van der Waals surface area contributed by atoms with E-state index in [-0.39, 0.29) is 5.91 Å². The number of nitrogens with one attached hydrogen (secondary N) is 2. The Morgan fingerprint density at radius 2 is 2.38 bits per heavy atom. The van der Waals surface area contributed by atoms with Gasteiger partial charge in [-0.05, 0) is 44.0 Å². The van der Waals surface area contributed by atoms with E-state index in [0.29, 0.717) is 11.7 Å². The van der Waals surface area contributed by atoms with Crippen molar-refractivity contribution >= 4 is 11.6 Å². The van der Waals surface area contributed by atoms with Crippen LogP contribution in [0.3, 0.4) is 0 Å². The van der Waals surface area contributed by atoms with Crippen molar-refractivity contribution in [2.24, 2.45) is 0 Å². The van der Waals surface area contributed by atoms with Crippen LogP contribution < -0.4 is 10.6 Å². The number of carbonyl (C=O) groups is 1. The number of piperidine rings is 1. The third-order valence-electron chi connectivity index (χ3n) is 3.77. The van der Waals surface area contributed by atoms with Crippen LogP contribution in [0.5, 0.6) is 0 Å². The molecule has 1 fully saturated rings. The molecule has 0 bridgehead atoms. The van der Waals surface area contributed by atoms with Crippen LogP contribution in [0.2, 0.25) is 0 Å². The van der Waals surface area contributed by atoms with E-state index in [1.165, 1.54) is 0 Å². The highest BCUT2D eigenvalue weighted by molar-refractivity contribution is 6.03. The van der Waals surface area contributed by atoms with Crippen LogP contribution in [0.15, 0.2) is 30.7 Å². The zero-order valence-corrected chi connectivity index (χ0v) is 12.0. The van der Waals surface area contributed by atoms with Gasteiger partial charge < -0.3 is 10.6 Å². The maximum atomic E-state index is 12.2. The number of hydrogen-bond acceptors (Lipinski definition) is 4. The zero-order valence-electron chi connectivity index (χ0n) is 12.0. The van der Waals surface area contributed by atoms with Crippen LogP contribution in [0.1, 0.15) is 34.9 Å². The molecule has 110 valence electrons. The molecule has 0 spiro atoms. The predicted octanol–water partition coefficient (Wildman–Crippen LogP) is 1.76. The molecule has 1 atom stereocenters. The van der Waals surface area contributed by atoms with Gasteiger partial charge in [0, 0.05) is 18.9 Å². The summed E-state index contributed by atoms with van der Waals surface area (Å²) in [5, 5.41) is 10.6. The summed E-state index contributed by atoms with van der Waals surface area (Å²) in [7, 11) is 0. The maximum absolute atomic E-state index is 12.2. The molecular formula is C15H19N5O. The first-order valence-electron chi connectivity index (χ1n) is 7.22. The Bertz CT molecular complexity index is 630. The molecule has 2 aromatic heterocycles. The first-order valence-corrected chi connectivity index (χ1v) is 7.22. The summed E-state index contributed by atoms with van der Waals surface area (Å²) < 4.78 is 1.89. The number of pyridine rings is 1. The van der Waals surface area contributed by atoms with Gasteiger partial charge in [-0.25, -0.2) is 0 Å². The Hall–Kier alpha value is -2.21. The van der Waals surface area contributed by atoms with Crippen LogP contribution in [0, 0.1) is 6.92 Å². The number of amides is 1. The Morgan fingerprint density at radius 3 is 3.14 bits per heavy atom. The van der Waals surface area contributed by atoms with Crippen molar-refractivity contribution in [2.45, 2.75) is 25.8 Å². The van der Waals surface area contributed by atoms with Crippen molar-refractivity contribution in [3.8, 4) is 0 Å². The number of aromatic nitrogens is 3. The second-order valence-electron chi connectivity index (χ2n) is 5.33. The molecule has 6 heteroatoms. The van der Waals surface area contributed by atoms with Gasteiger partial charge in [-0.1, -0.05) is 0 Å². The number of rotatable bonds is 3. The van der Waals surface area contributed by atoms with E-state index < -0.39 is 0 Å².